The summed E-state index contributed by atoms with van der Waals surface area (Å²) >= 11 is 12.2. The molecule has 2 aromatic rings. The van der Waals surface area contributed by atoms with E-state index in [1.54, 1.807) is 25.2 Å². The summed E-state index contributed by atoms with van der Waals surface area (Å²) in [6.45, 7) is 8.17. The lowest BCUT2D eigenvalue weighted by atomic mass is 9.86. The molecule has 0 saturated carbocycles. The molecule has 0 aliphatic heterocycles. The molecule has 0 aliphatic carbocycles. The monoisotopic (exact) mass is 464 g/mol. The molecule has 7 heteroatoms. The highest BCUT2D eigenvalue weighted by molar-refractivity contribution is 6.42. The second kappa shape index (κ2) is 10.9. The SMILES string of the molecule is CC[C@@H](C(=O)NC)N(Cc1ccc(Cl)c(Cl)c1)C(=O)COc1ccccc1C(C)(C)C. The fourth-order valence-electron chi connectivity index (χ4n) is 3.36. The number of carbonyl (C=O) groups excluding carboxylic acids is 2. The zero-order valence-electron chi connectivity index (χ0n) is 18.7. The van der Waals surface area contributed by atoms with Crippen LogP contribution < -0.4 is 10.1 Å². The second-order valence-electron chi connectivity index (χ2n) is 8.34. The Bertz CT molecular complexity index is 925. The number of amides is 2. The molecule has 2 amide bonds. The van der Waals surface area contributed by atoms with Gasteiger partial charge in [-0.25, -0.2) is 0 Å². The first-order valence-corrected chi connectivity index (χ1v) is 11.0. The third-order valence-corrected chi connectivity index (χ3v) is 5.75. The van der Waals surface area contributed by atoms with Crippen LogP contribution >= 0.6 is 23.2 Å². The van der Waals surface area contributed by atoms with Crippen LogP contribution in [0.2, 0.25) is 10.0 Å². The van der Waals surface area contributed by atoms with Gasteiger partial charge in [-0.1, -0.05) is 75.2 Å². The quantitative estimate of drug-likeness (QED) is 0.582. The van der Waals surface area contributed by atoms with Gasteiger partial charge in [0.2, 0.25) is 5.91 Å². The van der Waals surface area contributed by atoms with Gasteiger partial charge in [0, 0.05) is 13.6 Å². The van der Waals surface area contributed by atoms with Crippen molar-refractivity contribution in [2.24, 2.45) is 0 Å². The minimum atomic E-state index is -0.631. The molecule has 0 radical (unpaired) electrons. The number of hydrogen-bond donors (Lipinski definition) is 1. The number of carbonyl (C=O) groups is 2. The molecule has 1 atom stereocenters. The number of rotatable bonds is 8. The molecule has 0 spiro atoms. The van der Waals surface area contributed by atoms with Gasteiger partial charge in [0.15, 0.2) is 6.61 Å². The zero-order valence-corrected chi connectivity index (χ0v) is 20.2. The van der Waals surface area contributed by atoms with E-state index < -0.39 is 6.04 Å². The van der Waals surface area contributed by atoms with Gasteiger partial charge < -0.3 is 15.0 Å². The van der Waals surface area contributed by atoms with Crippen LogP contribution in [0.5, 0.6) is 5.75 Å². The van der Waals surface area contributed by atoms with E-state index in [2.05, 4.69) is 26.1 Å². The van der Waals surface area contributed by atoms with Crippen molar-refractivity contribution in [1.29, 1.82) is 0 Å². The predicted molar refractivity (Wildman–Crippen MR) is 126 cm³/mol. The van der Waals surface area contributed by atoms with E-state index in [9.17, 15) is 9.59 Å². The molecule has 0 aliphatic rings. The largest absolute Gasteiger partial charge is 0.483 e. The van der Waals surface area contributed by atoms with Crippen LogP contribution in [0.1, 0.15) is 45.2 Å². The van der Waals surface area contributed by atoms with Crippen molar-refractivity contribution < 1.29 is 14.3 Å². The van der Waals surface area contributed by atoms with Crippen LogP contribution in [-0.2, 0) is 21.5 Å². The molecule has 0 fully saturated rings. The molecule has 168 valence electrons. The minimum Gasteiger partial charge on any atom is -0.483 e. The molecule has 5 nitrogen and oxygen atoms in total. The summed E-state index contributed by atoms with van der Waals surface area (Å²) in [6.07, 6.45) is 0.464. The molecular weight excluding hydrogens is 435 g/mol. The third kappa shape index (κ3) is 6.62. The van der Waals surface area contributed by atoms with Crippen molar-refractivity contribution in [3.63, 3.8) is 0 Å². The Labute approximate surface area is 194 Å². The van der Waals surface area contributed by atoms with Gasteiger partial charge >= 0.3 is 0 Å². The molecule has 1 N–H and O–H groups in total. The van der Waals surface area contributed by atoms with Crippen LogP contribution in [0.4, 0.5) is 0 Å². The second-order valence-corrected chi connectivity index (χ2v) is 9.16. The highest BCUT2D eigenvalue weighted by atomic mass is 35.5. The predicted octanol–water partition coefficient (Wildman–Crippen LogP) is 5.22. The number of hydrogen-bond acceptors (Lipinski definition) is 3. The number of likely N-dealkylation sites (N-methyl/N-ethyl adjacent to an activating group) is 1. The first kappa shape index (κ1) is 25.0. The average Bonchev–Trinajstić information content (AvgIpc) is 2.73. The van der Waals surface area contributed by atoms with Crippen LogP contribution in [0.3, 0.4) is 0 Å². The van der Waals surface area contributed by atoms with Gasteiger partial charge in [-0.2, -0.15) is 0 Å². The topological polar surface area (TPSA) is 58.6 Å². The fourth-order valence-corrected chi connectivity index (χ4v) is 3.68. The Morgan fingerprint density at radius 2 is 1.77 bits per heavy atom. The molecule has 0 bridgehead atoms. The molecule has 2 rings (SSSR count). The lowest BCUT2D eigenvalue weighted by Gasteiger charge is -2.30. The molecule has 2 aromatic carbocycles. The minimum absolute atomic E-state index is 0.132. The van der Waals surface area contributed by atoms with Gasteiger partial charge in [0.25, 0.3) is 5.91 Å². The number of benzene rings is 2. The van der Waals surface area contributed by atoms with Gasteiger partial charge in [-0.15, -0.1) is 0 Å². The first-order valence-electron chi connectivity index (χ1n) is 10.3. The van der Waals surface area contributed by atoms with E-state index in [1.165, 1.54) is 4.90 Å². The van der Waals surface area contributed by atoms with Crippen LogP contribution in [-0.4, -0.2) is 36.4 Å². The van der Waals surface area contributed by atoms with Crippen molar-refractivity contribution in [3.8, 4) is 5.75 Å². The van der Waals surface area contributed by atoms with E-state index in [4.69, 9.17) is 27.9 Å². The average molecular weight is 465 g/mol. The molecule has 0 saturated heterocycles. The number of nitrogens with zero attached hydrogens (tertiary/aromatic N) is 1. The normalized spacial score (nSPS) is 12.2. The van der Waals surface area contributed by atoms with Crippen molar-refractivity contribution in [3.05, 3.63) is 63.6 Å². The zero-order chi connectivity index (χ0) is 23.2. The van der Waals surface area contributed by atoms with Crippen LogP contribution in [0.25, 0.3) is 0 Å². The number of para-hydroxylation sites is 1. The Morgan fingerprint density at radius 3 is 2.35 bits per heavy atom. The molecule has 31 heavy (non-hydrogen) atoms. The number of nitrogens with one attached hydrogen (secondary N) is 1. The summed E-state index contributed by atoms with van der Waals surface area (Å²) in [4.78, 5) is 27.2. The molecule has 0 unspecified atom stereocenters. The van der Waals surface area contributed by atoms with E-state index in [1.807, 2.05) is 31.2 Å². The van der Waals surface area contributed by atoms with Crippen molar-refractivity contribution in [2.75, 3.05) is 13.7 Å². The lowest BCUT2D eigenvalue weighted by Crippen LogP contribution is -2.49. The van der Waals surface area contributed by atoms with Gasteiger partial charge in [0.1, 0.15) is 11.8 Å². The standard InChI is InChI=1S/C24H30Cl2N2O3/c1-6-20(23(30)27-5)28(14-16-11-12-18(25)19(26)13-16)22(29)15-31-21-10-8-7-9-17(21)24(2,3)4/h7-13,20H,6,14-15H2,1-5H3,(H,27,30)/t20-/m0/s1. The first-order chi connectivity index (χ1) is 14.6. The Balaban J connectivity index is 2.28. The smallest absolute Gasteiger partial charge is 0.261 e. The van der Waals surface area contributed by atoms with Gasteiger partial charge in [-0.05, 0) is 41.2 Å². The summed E-state index contributed by atoms with van der Waals surface area (Å²) in [5.41, 5.74) is 1.66. The summed E-state index contributed by atoms with van der Waals surface area (Å²) in [5.74, 6) is 0.141. The maximum atomic E-state index is 13.2. The summed E-state index contributed by atoms with van der Waals surface area (Å²) in [7, 11) is 1.56. The highest BCUT2D eigenvalue weighted by Crippen LogP contribution is 2.31. The Kier molecular flexibility index (Phi) is 8.78. The van der Waals surface area contributed by atoms with Crippen LogP contribution in [0, 0.1) is 0 Å². The van der Waals surface area contributed by atoms with Crippen molar-refractivity contribution in [1.82, 2.24) is 10.2 Å². The van der Waals surface area contributed by atoms with Crippen molar-refractivity contribution in [2.45, 2.75) is 52.1 Å². The Morgan fingerprint density at radius 1 is 1.10 bits per heavy atom. The van der Waals surface area contributed by atoms with Crippen molar-refractivity contribution >= 4 is 35.0 Å². The Hall–Kier alpha value is -2.24. The lowest BCUT2D eigenvalue weighted by molar-refractivity contribution is -0.142. The van der Waals surface area contributed by atoms with E-state index in [0.717, 1.165) is 11.1 Å². The number of ether oxygens (including phenoxy) is 1. The molecular formula is C24H30Cl2N2O3. The third-order valence-electron chi connectivity index (χ3n) is 5.02. The fraction of sp³-hybridized carbons (Fsp3) is 0.417. The summed E-state index contributed by atoms with van der Waals surface area (Å²) in [5, 5.41) is 3.47. The molecule has 0 aromatic heterocycles. The molecule has 0 heterocycles. The van der Waals surface area contributed by atoms with Crippen LogP contribution in [0.15, 0.2) is 42.5 Å². The maximum Gasteiger partial charge on any atom is 0.261 e. The maximum absolute atomic E-state index is 13.2. The van der Waals surface area contributed by atoms with E-state index in [0.29, 0.717) is 22.2 Å². The summed E-state index contributed by atoms with van der Waals surface area (Å²) in [6, 6.07) is 12.2. The van der Waals surface area contributed by atoms with E-state index in [-0.39, 0.29) is 30.4 Å². The van der Waals surface area contributed by atoms with Gasteiger partial charge in [-0.3, -0.25) is 9.59 Å². The summed E-state index contributed by atoms with van der Waals surface area (Å²) < 4.78 is 5.92. The number of halogens is 2. The van der Waals surface area contributed by atoms with Gasteiger partial charge in [0.05, 0.1) is 10.0 Å². The van der Waals surface area contributed by atoms with E-state index >= 15 is 0 Å². The highest BCUT2D eigenvalue weighted by Gasteiger charge is 2.29.